The fraction of sp³-hybridized carbons (Fsp3) is 1.00. The third-order valence-corrected chi connectivity index (χ3v) is 22.1. The lowest BCUT2D eigenvalue weighted by atomic mass is 9.45. The molecule has 0 radical (unpaired) electrons. The Kier molecular flexibility index (Phi) is 61.1. The molecule has 0 unspecified atom stereocenters. The zero-order chi connectivity index (χ0) is 61.0. The molecule has 0 heterocycles. The number of hydrogen-bond donors (Lipinski definition) is 3. The zero-order valence-corrected chi connectivity index (χ0v) is 59.9. The van der Waals surface area contributed by atoms with Crippen molar-refractivity contribution in [1.82, 2.24) is 9.74 Å². The van der Waals surface area contributed by atoms with Crippen LogP contribution in [-0.4, -0.2) is 41.7 Å². The lowest BCUT2D eigenvalue weighted by Crippen LogP contribution is -2.70. The summed E-state index contributed by atoms with van der Waals surface area (Å²) < 4.78 is 2.24. The molecule has 0 bridgehead atoms. The molecule has 0 fully saturated rings. The molecule has 0 aromatic rings. The number of nitrogens with zero attached hydrogens (tertiary/aromatic N) is 1. The molecule has 0 aliphatic rings. The maximum Gasteiger partial charge on any atom is 0.0362 e. The van der Waals surface area contributed by atoms with Crippen LogP contribution in [0.15, 0.2) is 0 Å². The van der Waals surface area contributed by atoms with Crippen LogP contribution >= 0.6 is 11.8 Å². The molecule has 500 valence electrons. The number of nitrogens with one attached hydrogen (secondary N) is 1. The van der Waals surface area contributed by atoms with E-state index in [0.29, 0.717) is 6.54 Å². The Hall–Kier alpha value is 0.130. The van der Waals surface area contributed by atoms with E-state index in [1.165, 1.54) is 385 Å². The average Bonchev–Trinajstić information content (AvgIpc) is 2.57. The van der Waals surface area contributed by atoms with Crippen LogP contribution in [0.3, 0.4) is 0 Å². The first-order chi connectivity index (χ1) is 40.5. The van der Waals surface area contributed by atoms with Crippen molar-refractivity contribution < 1.29 is 0 Å². The first kappa shape index (κ1) is 83.1. The molecule has 5 N–H and O–H groups in total. The Bertz CT molecular complexity index is 1190. The summed E-state index contributed by atoms with van der Waals surface area (Å²) in [6.45, 7) is 23.1. The van der Waals surface area contributed by atoms with Gasteiger partial charge in [0.05, 0.1) is 0 Å². The van der Waals surface area contributed by atoms with Crippen LogP contribution in [0.25, 0.3) is 0 Å². The quantitative estimate of drug-likeness (QED) is 0.0419. The molecule has 0 atom stereocenters. The Balaban J connectivity index is 6.85. The van der Waals surface area contributed by atoms with Crippen LogP contribution < -0.4 is 16.8 Å². The number of nitrogens with two attached hydrogens (primary N) is 2. The maximum absolute atomic E-state index is 7.73. The molecule has 0 aromatic heterocycles. The molecule has 0 aliphatic heterocycles. The smallest absolute Gasteiger partial charge is 0.0362 e. The Morgan fingerprint density at radius 2 is 0.482 bits per heavy atom. The minimum absolute atomic E-state index is 0.0237. The molecule has 83 heavy (non-hydrogen) atoms. The molecule has 0 aliphatic carbocycles. The first-order valence-corrected chi connectivity index (χ1v) is 39.5. The summed E-state index contributed by atoms with van der Waals surface area (Å²) in [7, 11) is 0. The average molecular weight is 1190 g/mol. The van der Waals surface area contributed by atoms with Crippen molar-refractivity contribution in [1.29, 1.82) is 0 Å². The Morgan fingerprint density at radius 3 is 0.699 bits per heavy atom. The second-order valence-corrected chi connectivity index (χ2v) is 29.4. The number of rotatable bonds is 71. The third-order valence-electron chi connectivity index (χ3n) is 21.5. The minimum Gasteiger partial charge on any atom is -0.330 e. The number of hydrogen-bond acceptors (Lipinski definition) is 4. The van der Waals surface area contributed by atoms with Gasteiger partial charge in [-0.25, -0.2) is 4.42 Å². The normalized spacial score (nSPS) is 12.7. The van der Waals surface area contributed by atoms with E-state index in [0.717, 1.165) is 32.5 Å². The van der Waals surface area contributed by atoms with Crippen LogP contribution in [0, 0.1) is 10.8 Å². The highest BCUT2D eigenvalue weighted by Crippen LogP contribution is 2.63. The van der Waals surface area contributed by atoms with Crippen LogP contribution in [-0.2, 0) is 0 Å². The highest BCUT2D eigenvalue weighted by Gasteiger charge is 2.62. The van der Waals surface area contributed by atoms with Gasteiger partial charge in [0, 0.05) is 17.6 Å². The fourth-order valence-electron chi connectivity index (χ4n) is 15.1. The molecule has 0 amide bonds. The van der Waals surface area contributed by atoms with Gasteiger partial charge in [-0.3, -0.25) is 0 Å². The van der Waals surface area contributed by atoms with Crippen molar-refractivity contribution >= 4 is 11.8 Å². The van der Waals surface area contributed by atoms with E-state index in [9.17, 15) is 0 Å². The zero-order valence-electron chi connectivity index (χ0n) is 59.1. The van der Waals surface area contributed by atoms with Gasteiger partial charge in [-0.2, -0.15) is 0 Å². The second kappa shape index (κ2) is 61.0. The van der Waals surface area contributed by atoms with Gasteiger partial charge in [0.25, 0.3) is 0 Å². The van der Waals surface area contributed by atoms with Crippen molar-refractivity contribution in [3.8, 4) is 0 Å². The van der Waals surface area contributed by atoms with Crippen LogP contribution in [0.1, 0.15) is 453 Å². The van der Waals surface area contributed by atoms with Gasteiger partial charge in [-0.1, -0.05) is 401 Å². The summed E-state index contributed by atoms with van der Waals surface area (Å²) >= 11 is 7.73. The lowest BCUT2D eigenvalue weighted by Gasteiger charge is -2.65. The van der Waals surface area contributed by atoms with E-state index in [1.807, 2.05) is 0 Å². The van der Waals surface area contributed by atoms with E-state index in [2.05, 4.69) is 65.1 Å². The van der Waals surface area contributed by atoms with Gasteiger partial charge in [0.1, 0.15) is 0 Å². The molecule has 0 saturated heterocycles. The standard InChI is InChI=1S/C78H161ClN4/c1-9-13-17-21-25-29-33-37-41-45-49-53-57-61-67-77(75(5,6)76(7,8)83(79)74-66-72-81,68-62-58-54-50-46-42-38-34-30-26-22-18-14-10-2)78(82-73-65-71-80,69-63-59-55-51-47-43-39-35-31-27-23-19-15-11-3)70-64-60-56-52-48-44-40-36-32-28-24-20-16-12-4/h82H,9-74,80-81H2,1-8H3. The Morgan fingerprint density at radius 1 is 0.277 bits per heavy atom. The molecule has 0 spiro atoms. The SMILES string of the molecule is CCCCCCCCCCCCCCCCC(CCCCCCCCCCCCCCCC)(NCCCN)C(CCCCCCCCCCCCCCCC)(CCCCCCCCCCCCCCCC)C(C)(C)C(C)(C)N(Cl)CCCN. The molecular weight excluding hydrogens is 1030 g/mol. The highest BCUT2D eigenvalue weighted by molar-refractivity contribution is 6.13. The second-order valence-electron chi connectivity index (χ2n) is 29.0. The van der Waals surface area contributed by atoms with Gasteiger partial charge in [0.15, 0.2) is 0 Å². The molecule has 0 saturated carbocycles. The van der Waals surface area contributed by atoms with Gasteiger partial charge >= 0.3 is 0 Å². The summed E-state index contributed by atoms with van der Waals surface area (Å²) in [6, 6.07) is 0. The van der Waals surface area contributed by atoms with Crippen LogP contribution in [0.5, 0.6) is 0 Å². The predicted molar refractivity (Wildman–Crippen MR) is 381 cm³/mol. The van der Waals surface area contributed by atoms with Gasteiger partial charge in [-0.15, -0.1) is 0 Å². The summed E-state index contributed by atoms with van der Waals surface area (Å²) in [4.78, 5) is 0. The van der Waals surface area contributed by atoms with E-state index >= 15 is 0 Å². The van der Waals surface area contributed by atoms with Crippen molar-refractivity contribution in [2.45, 2.75) is 465 Å². The van der Waals surface area contributed by atoms with Crippen molar-refractivity contribution in [2.24, 2.45) is 22.3 Å². The summed E-state index contributed by atoms with van der Waals surface area (Å²) in [5.74, 6) is 0. The third kappa shape index (κ3) is 42.7. The highest BCUT2D eigenvalue weighted by atomic mass is 35.5. The maximum atomic E-state index is 7.73. The summed E-state index contributed by atoms with van der Waals surface area (Å²) in [5.41, 5.74) is 12.5. The van der Waals surface area contributed by atoms with Gasteiger partial charge in [0.2, 0.25) is 0 Å². The lowest BCUT2D eigenvalue weighted by molar-refractivity contribution is -0.126. The molecule has 0 rings (SSSR count). The van der Waals surface area contributed by atoms with E-state index in [4.69, 9.17) is 23.2 Å². The van der Waals surface area contributed by atoms with E-state index in [-0.39, 0.29) is 21.9 Å². The van der Waals surface area contributed by atoms with E-state index < -0.39 is 0 Å². The minimum atomic E-state index is -0.235. The fourth-order valence-corrected chi connectivity index (χ4v) is 15.4. The monoisotopic (exact) mass is 1190 g/mol. The summed E-state index contributed by atoms with van der Waals surface area (Å²) in [6.07, 6.45) is 86.3. The van der Waals surface area contributed by atoms with Crippen molar-refractivity contribution in [3.05, 3.63) is 0 Å². The van der Waals surface area contributed by atoms with Crippen LogP contribution in [0.4, 0.5) is 0 Å². The van der Waals surface area contributed by atoms with Crippen molar-refractivity contribution in [3.63, 3.8) is 0 Å². The predicted octanol–water partition coefficient (Wildman–Crippen LogP) is 26.7. The first-order valence-electron chi connectivity index (χ1n) is 39.1. The van der Waals surface area contributed by atoms with E-state index in [1.54, 1.807) is 0 Å². The van der Waals surface area contributed by atoms with Crippen molar-refractivity contribution in [2.75, 3.05) is 26.2 Å². The molecule has 0 aromatic carbocycles. The number of unbranched alkanes of at least 4 members (excludes halogenated alkanes) is 52. The Labute approximate surface area is 531 Å². The summed E-state index contributed by atoms with van der Waals surface area (Å²) in [5, 5.41) is 4.67. The van der Waals surface area contributed by atoms with Crippen LogP contribution in [0.2, 0.25) is 0 Å². The topological polar surface area (TPSA) is 67.3 Å². The largest absolute Gasteiger partial charge is 0.330 e. The molecular formula is C78H161ClN4. The molecule has 5 heteroatoms. The van der Waals surface area contributed by atoms with Gasteiger partial charge in [-0.05, 0) is 94.6 Å². The number of halogens is 1. The molecule has 4 nitrogen and oxygen atoms in total. The van der Waals surface area contributed by atoms with Gasteiger partial charge < -0.3 is 16.8 Å².